The quantitative estimate of drug-likeness (QED) is 0.838. The minimum Gasteiger partial charge on any atom is -0.467 e. The molecular formula is C11H16N2OS. The van der Waals surface area contributed by atoms with Gasteiger partial charge in [-0.05, 0) is 25.0 Å². The monoisotopic (exact) mass is 224 g/mol. The third kappa shape index (κ3) is 2.78. The van der Waals surface area contributed by atoms with E-state index in [0.29, 0.717) is 18.5 Å². The molecule has 0 amide bonds. The summed E-state index contributed by atoms with van der Waals surface area (Å²) in [7, 11) is 0. The summed E-state index contributed by atoms with van der Waals surface area (Å²) in [5.74, 6) is 2.76. The zero-order valence-corrected chi connectivity index (χ0v) is 9.88. The van der Waals surface area contributed by atoms with Crippen molar-refractivity contribution in [2.75, 3.05) is 5.75 Å². The topological polar surface area (TPSA) is 37.5 Å². The molecule has 2 rings (SSSR count). The van der Waals surface area contributed by atoms with E-state index < -0.39 is 0 Å². The number of hydrogen-bond donors (Lipinski definition) is 1. The van der Waals surface area contributed by atoms with Gasteiger partial charge in [0.25, 0.3) is 0 Å². The molecule has 3 nitrogen and oxygen atoms in total. The van der Waals surface area contributed by atoms with Gasteiger partial charge in [-0.15, -0.1) is 0 Å². The summed E-state index contributed by atoms with van der Waals surface area (Å²) in [6.45, 7) is 5.09. The molecule has 1 aromatic heterocycles. The molecule has 0 radical (unpaired) electrons. The number of nitrogens with zero attached hydrogens (tertiary/aromatic N) is 1. The Labute approximate surface area is 94.3 Å². The summed E-state index contributed by atoms with van der Waals surface area (Å²) >= 11 is 1.79. The Morgan fingerprint density at radius 3 is 3.13 bits per heavy atom. The Bertz CT molecular complexity index is 334. The Kier molecular flexibility index (Phi) is 3.36. The van der Waals surface area contributed by atoms with Crippen LogP contribution in [0.3, 0.4) is 0 Å². The highest BCUT2D eigenvalue weighted by Crippen LogP contribution is 2.19. The van der Waals surface area contributed by atoms with Crippen molar-refractivity contribution in [2.24, 2.45) is 10.9 Å². The lowest BCUT2D eigenvalue weighted by atomic mass is 10.1. The summed E-state index contributed by atoms with van der Waals surface area (Å²) in [4.78, 5) is 4.49. The molecule has 2 heterocycles. The van der Waals surface area contributed by atoms with Crippen LogP contribution in [-0.2, 0) is 6.54 Å². The second-order valence-electron chi connectivity index (χ2n) is 3.92. The van der Waals surface area contributed by atoms with Crippen molar-refractivity contribution in [1.82, 2.24) is 5.32 Å². The minimum absolute atomic E-state index is 0.515. The number of nitrogens with one attached hydrogen (secondary N) is 1. The van der Waals surface area contributed by atoms with Crippen LogP contribution in [-0.4, -0.2) is 17.0 Å². The van der Waals surface area contributed by atoms with Gasteiger partial charge in [0, 0.05) is 11.8 Å². The van der Waals surface area contributed by atoms with E-state index in [1.54, 1.807) is 18.0 Å². The first-order valence-corrected chi connectivity index (χ1v) is 6.20. The predicted octanol–water partition coefficient (Wildman–Crippen LogP) is 2.50. The van der Waals surface area contributed by atoms with E-state index in [1.165, 1.54) is 0 Å². The van der Waals surface area contributed by atoms with Crippen molar-refractivity contribution in [2.45, 2.75) is 26.4 Å². The molecule has 0 aliphatic carbocycles. The van der Waals surface area contributed by atoms with Gasteiger partial charge in [-0.3, -0.25) is 4.99 Å². The van der Waals surface area contributed by atoms with Crippen molar-refractivity contribution in [3.8, 4) is 0 Å². The highest BCUT2D eigenvalue weighted by atomic mass is 32.2. The molecule has 0 saturated carbocycles. The Morgan fingerprint density at radius 2 is 2.47 bits per heavy atom. The van der Waals surface area contributed by atoms with Crippen LogP contribution in [0.5, 0.6) is 0 Å². The summed E-state index contributed by atoms with van der Waals surface area (Å²) in [6, 6.07) is 4.35. The lowest BCUT2D eigenvalue weighted by Gasteiger charge is -2.28. The first-order chi connectivity index (χ1) is 7.25. The molecule has 4 heteroatoms. The number of hydrogen-bond acceptors (Lipinski definition) is 3. The molecule has 2 unspecified atom stereocenters. The molecule has 82 valence electrons. The van der Waals surface area contributed by atoms with Crippen LogP contribution in [0.1, 0.15) is 19.6 Å². The van der Waals surface area contributed by atoms with E-state index in [0.717, 1.165) is 16.7 Å². The van der Waals surface area contributed by atoms with Crippen molar-refractivity contribution in [3.05, 3.63) is 24.2 Å². The highest BCUT2D eigenvalue weighted by molar-refractivity contribution is 8.13. The van der Waals surface area contributed by atoms with Crippen LogP contribution >= 0.6 is 11.8 Å². The van der Waals surface area contributed by atoms with Crippen molar-refractivity contribution in [1.29, 1.82) is 0 Å². The third-order valence-corrected chi connectivity index (χ3v) is 3.86. The van der Waals surface area contributed by atoms with Crippen molar-refractivity contribution in [3.63, 3.8) is 0 Å². The van der Waals surface area contributed by atoms with Gasteiger partial charge in [0.15, 0.2) is 5.17 Å². The lowest BCUT2D eigenvalue weighted by Crippen LogP contribution is -2.41. The van der Waals surface area contributed by atoms with Gasteiger partial charge in [-0.2, -0.15) is 0 Å². The van der Waals surface area contributed by atoms with Gasteiger partial charge in [-0.25, -0.2) is 0 Å². The first kappa shape index (κ1) is 10.6. The third-order valence-electron chi connectivity index (χ3n) is 2.65. The Balaban J connectivity index is 1.91. The molecule has 1 aliphatic heterocycles. The van der Waals surface area contributed by atoms with Gasteiger partial charge in [0.1, 0.15) is 5.76 Å². The average molecular weight is 224 g/mol. The summed E-state index contributed by atoms with van der Waals surface area (Å²) in [6.07, 6.45) is 1.68. The fraction of sp³-hybridized carbons (Fsp3) is 0.545. The standard InChI is InChI=1S/C11H16N2OS/c1-8-7-15-11(13-9(8)2)12-6-10-4-3-5-14-10/h3-5,8-9H,6-7H2,1-2H3,(H,12,13). The molecule has 0 spiro atoms. The number of thioether (sulfide) groups is 1. The maximum atomic E-state index is 5.23. The minimum atomic E-state index is 0.515. The second kappa shape index (κ2) is 4.75. The molecule has 1 aliphatic rings. The summed E-state index contributed by atoms with van der Waals surface area (Å²) in [5.41, 5.74) is 0. The number of rotatable bonds is 2. The second-order valence-corrected chi connectivity index (χ2v) is 4.93. The van der Waals surface area contributed by atoms with E-state index in [-0.39, 0.29) is 0 Å². The summed E-state index contributed by atoms with van der Waals surface area (Å²) in [5, 5.41) is 4.44. The SMILES string of the molecule is CC1CSC(=NCc2ccco2)NC1C. The molecule has 0 aromatic carbocycles. The Hall–Kier alpha value is -0.900. The van der Waals surface area contributed by atoms with E-state index in [9.17, 15) is 0 Å². The van der Waals surface area contributed by atoms with Crippen LogP contribution in [0.2, 0.25) is 0 Å². The largest absolute Gasteiger partial charge is 0.467 e. The van der Waals surface area contributed by atoms with Gasteiger partial charge >= 0.3 is 0 Å². The van der Waals surface area contributed by atoms with Crippen molar-refractivity contribution >= 4 is 16.9 Å². The molecule has 15 heavy (non-hydrogen) atoms. The average Bonchev–Trinajstić information content (AvgIpc) is 2.73. The van der Waals surface area contributed by atoms with E-state index >= 15 is 0 Å². The fourth-order valence-electron chi connectivity index (χ4n) is 1.38. The molecule has 1 fully saturated rings. The van der Waals surface area contributed by atoms with Crippen LogP contribution in [0.4, 0.5) is 0 Å². The highest BCUT2D eigenvalue weighted by Gasteiger charge is 2.20. The van der Waals surface area contributed by atoms with E-state index in [2.05, 4.69) is 24.2 Å². The van der Waals surface area contributed by atoms with Crippen LogP contribution in [0, 0.1) is 5.92 Å². The van der Waals surface area contributed by atoms with Gasteiger partial charge < -0.3 is 9.73 Å². The zero-order valence-electron chi connectivity index (χ0n) is 9.06. The molecule has 1 N–H and O–H groups in total. The maximum absolute atomic E-state index is 5.23. The molecule has 0 bridgehead atoms. The van der Waals surface area contributed by atoms with Crippen molar-refractivity contribution < 1.29 is 4.42 Å². The maximum Gasteiger partial charge on any atom is 0.157 e. The number of aliphatic imine (C=N–C) groups is 1. The summed E-state index contributed by atoms with van der Waals surface area (Å²) < 4.78 is 5.23. The lowest BCUT2D eigenvalue weighted by molar-refractivity contribution is 0.487. The van der Waals surface area contributed by atoms with E-state index in [1.807, 2.05) is 12.1 Å². The zero-order chi connectivity index (χ0) is 10.7. The first-order valence-electron chi connectivity index (χ1n) is 5.22. The van der Waals surface area contributed by atoms with Gasteiger partial charge in [0.2, 0.25) is 0 Å². The number of amidine groups is 1. The Morgan fingerprint density at radius 1 is 1.60 bits per heavy atom. The predicted molar refractivity (Wildman–Crippen MR) is 64.1 cm³/mol. The van der Waals surface area contributed by atoms with Gasteiger partial charge in [-0.1, -0.05) is 18.7 Å². The molecule has 1 saturated heterocycles. The molecule has 2 atom stereocenters. The number of furan rings is 1. The smallest absolute Gasteiger partial charge is 0.157 e. The normalized spacial score (nSPS) is 29.1. The van der Waals surface area contributed by atoms with E-state index in [4.69, 9.17) is 4.42 Å². The molecular weight excluding hydrogens is 208 g/mol. The fourth-order valence-corrected chi connectivity index (χ4v) is 2.51. The van der Waals surface area contributed by atoms with Crippen LogP contribution in [0.25, 0.3) is 0 Å². The molecule has 1 aromatic rings. The van der Waals surface area contributed by atoms with Gasteiger partial charge in [0.05, 0.1) is 12.8 Å². The van der Waals surface area contributed by atoms with Crippen LogP contribution in [0.15, 0.2) is 27.8 Å². The van der Waals surface area contributed by atoms with Crippen LogP contribution < -0.4 is 5.32 Å².